The van der Waals surface area contributed by atoms with Gasteiger partial charge < -0.3 is 20.9 Å². The van der Waals surface area contributed by atoms with Crippen LogP contribution in [-0.4, -0.2) is 24.2 Å². The van der Waals surface area contributed by atoms with Gasteiger partial charge >= 0.3 is 0 Å². The standard InChI is InChI=1S/C15H24N2O3/c1-4-9-19-12-7-5-6-8-13(12)20-11(2)10-15(3,17)14(16)18/h5-8,11H,4,9-10,17H2,1-3H3,(H2,16,18). The smallest absolute Gasteiger partial charge is 0.237 e. The van der Waals surface area contributed by atoms with E-state index in [0.29, 0.717) is 24.5 Å². The van der Waals surface area contributed by atoms with Crippen LogP contribution in [0.5, 0.6) is 11.5 Å². The average molecular weight is 280 g/mol. The van der Waals surface area contributed by atoms with Gasteiger partial charge in [0.25, 0.3) is 0 Å². The highest BCUT2D eigenvalue weighted by atomic mass is 16.5. The van der Waals surface area contributed by atoms with Crippen LogP contribution in [0.25, 0.3) is 0 Å². The minimum Gasteiger partial charge on any atom is -0.490 e. The van der Waals surface area contributed by atoms with Gasteiger partial charge in [-0.15, -0.1) is 0 Å². The number of nitrogens with two attached hydrogens (primary N) is 2. The molecule has 0 aliphatic rings. The Bertz CT molecular complexity index is 446. The van der Waals surface area contributed by atoms with Gasteiger partial charge in [-0.05, 0) is 32.4 Å². The second-order valence-corrected chi connectivity index (χ2v) is 5.21. The zero-order valence-electron chi connectivity index (χ0n) is 12.4. The van der Waals surface area contributed by atoms with Gasteiger partial charge in [0, 0.05) is 6.42 Å². The van der Waals surface area contributed by atoms with Crippen LogP contribution in [0.15, 0.2) is 24.3 Å². The quantitative estimate of drug-likeness (QED) is 0.760. The molecule has 112 valence electrons. The molecule has 0 aliphatic carbocycles. The van der Waals surface area contributed by atoms with Gasteiger partial charge in [-0.25, -0.2) is 0 Å². The molecule has 1 rings (SSSR count). The molecule has 0 bridgehead atoms. The average Bonchev–Trinajstić information content (AvgIpc) is 2.36. The predicted molar refractivity (Wildman–Crippen MR) is 78.7 cm³/mol. The lowest BCUT2D eigenvalue weighted by molar-refractivity contribution is -0.123. The van der Waals surface area contributed by atoms with Gasteiger partial charge in [-0.2, -0.15) is 0 Å². The first-order valence-corrected chi connectivity index (χ1v) is 6.84. The number of ether oxygens (including phenoxy) is 2. The van der Waals surface area contributed by atoms with Crippen molar-refractivity contribution >= 4 is 5.91 Å². The summed E-state index contributed by atoms with van der Waals surface area (Å²) in [7, 11) is 0. The summed E-state index contributed by atoms with van der Waals surface area (Å²) in [5.74, 6) is 0.802. The minimum atomic E-state index is -1.08. The molecule has 0 fully saturated rings. The maximum Gasteiger partial charge on any atom is 0.237 e. The lowest BCUT2D eigenvalue weighted by Gasteiger charge is -2.25. The van der Waals surface area contributed by atoms with Gasteiger partial charge in [-0.3, -0.25) is 4.79 Å². The van der Waals surface area contributed by atoms with Crippen LogP contribution >= 0.6 is 0 Å². The molecular formula is C15H24N2O3. The number of primary amides is 1. The van der Waals surface area contributed by atoms with Crippen molar-refractivity contribution in [1.29, 1.82) is 0 Å². The van der Waals surface area contributed by atoms with Crippen molar-refractivity contribution in [3.05, 3.63) is 24.3 Å². The van der Waals surface area contributed by atoms with Crippen molar-refractivity contribution < 1.29 is 14.3 Å². The van der Waals surface area contributed by atoms with Gasteiger partial charge in [0.2, 0.25) is 5.91 Å². The minimum absolute atomic E-state index is 0.246. The third-order valence-electron chi connectivity index (χ3n) is 2.91. The maximum absolute atomic E-state index is 11.2. The molecule has 5 heteroatoms. The van der Waals surface area contributed by atoms with Crippen molar-refractivity contribution in [3.63, 3.8) is 0 Å². The van der Waals surface area contributed by atoms with Gasteiger partial charge in [0.05, 0.1) is 18.2 Å². The topological polar surface area (TPSA) is 87.6 Å². The molecule has 1 aromatic rings. The van der Waals surface area contributed by atoms with Gasteiger partial charge in [0.1, 0.15) is 0 Å². The molecule has 2 atom stereocenters. The summed E-state index contributed by atoms with van der Waals surface area (Å²) >= 11 is 0. The third-order valence-corrected chi connectivity index (χ3v) is 2.91. The first-order valence-electron chi connectivity index (χ1n) is 6.84. The normalized spacial score (nSPS) is 15.2. The molecule has 0 radical (unpaired) electrons. The van der Waals surface area contributed by atoms with Crippen molar-refractivity contribution in [1.82, 2.24) is 0 Å². The highest BCUT2D eigenvalue weighted by Gasteiger charge is 2.29. The zero-order chi connectivity index (χ0) is 15.2. The number of carbonyl (C=O) groups is 1. The van der Waals surface area contributed by atoms with E-state index < -0.39 is 11.4 Å². The Balaban J connectivity index is 2.70. The zero-order valence-corrected chi connectivity index (χ0v) is 12.4. The largest absolute Gasteiger partial charge is 0.490 e. The van der Waals surface area contributed by atoms with Crippen LogP contribution in [0.3, 0.4) is 0 Å². The van der Waals surface area contributed by atoms with E-state index in [1.807, 2.05) is 38.1 Å². The number of amides is 1. The van der Waals surface area contributed by atoms with Gasteiger partial charge in [-0.1, -0.05) is 19.1 Å². The van der Waals surface area contributed by atoms with E-state index in [-0.39, 0.29) is 6.10 Å². The highest BCUT2D eigenvalue weighted by Crippen LogP contribution is 2.28. The fourth-order valence-corrected chi connectivity index (χ4v) is 1.83. The molecule has 4 N–H and O–H groups in total. The fraction of sp³-hybridized carbons (Fsp3) is 0.533. The summed E-state index contributed by atoms with van der Waals surface area (Å²) in [5, 5.41) is 0. The number of benzene rings is 1. The van der Waals surface area contributed by atoms with Crippen LogP contribution in [0.1, 0.15) is 33.6 Å². The fourth-order valence-electron chi connectivity index (χ4n) is 1.83. The van der Waals surface area contributed by atoms with Crippen LogP contribution in [0.2, 0.25) is 0 Å². The number of rotatable bonds is 8. The van der Waals surface area contributed by atoms with Crippen LogP contribution in [0, 0.1) is 0 Å². The van der Waals surface area contributed by atoms with E-state index >= 15 is 0 Å². The Morgan fingerprint density at radius 3 is 2.50 bits per heavy atom. The van der Waals surface area contributed by atoms with E-state index in [4.69, 9.17) is 20.9 Å². The molecular weight excluding hydrogens is 256 g/mol. The number of carbonyl (C=O) groups excluding carboxylic acids is 1. The van der Waals surface area contributed by atoms with E-state index in [0.717, 1.165) is 6.42 Å². The second kappa shape index (κ2) is 7.14. The molecule has 0 spiro atoms. The van der Waals surface area contributed by atoms with Crippen LogP contribution in [-0.2, 0) is 4.79 Å². The molecule has 0 saturated heterocycles. The molecule has 5 nitrogen and oxygen atoms in total. The van der Waals surface area contributed by atoms with E-state index in [9.17, 15) is 4.79 Å². The summed E-state index contributed by atoms with van der Waals surface area (Å²) < 4.78 is 11.4. The summed E-state index contributed by atoms with van der Waals surface area (Å²) in [5.41, 5.74) is 10.0. The summed E-state index contributed by atoms with van der Waals surface area (Å²) in [6.07, 6.45) is 1.01. The van der Waals surface area contributed by atoms with Crippen molar-refractivity contribution in [2.45, 2.75) is 45.3 Å². The molecule has 20 heavy (non-hydrogen) atoms. The predicted octanol–water partition coefficient (Wildman–Crippen LogP) is 1.84. The molecule has 0 aliphatic heterocycles. The van der Waals surface area contributed by atoms with Crippen molar-refractivity contribution in [2.24, 2.45) is 11.5 Å². The van der Waals surface area contributed by atoms with Crippen LogP contribution in [0.4, 0.5) is 0 Å². The Kier molecular flexibility index (Phi) is 5.82. The second-order valence-electron chi connectivity index (χ2n) is 5.21. The van der Waals surface area contributed by atoms with Crippen molar-refractivity contribution in [3.8, 4) is 11.5 Å². The van der Waals surface area contributed by atoms with Crippen molar-refractivity contribution in [2.75, 3.05) is 6.61 Å². The van der Waals surface area contributed by atoms with E-state index in [1.54, 1.807) is 6.92 Å². The molecule has 2 unspecified atom stereocenters. The lowest BCUT2D eigenvalue weighted by Crippen LogP contribution is -2.51. The van der Waals surface area contributed by atoms with E-state index in [1.165, 1.54) is 0 Å². The number of hydrogen-bond acceptors (Lipinski definition) is 4. The monoisotopic (exact) mass is 280 g/mol. The molecule has 0 saturated carbocycles. The first kappa shape index (κ1) is 16.3. The lowest BCUT2D eigenvalue weighted by atomic mass is 9.95. The van der Waals surface area contributed by atoms with E-state index in [2.05, 4.69) is 0 Å². The molecule has 0 aromatic heterocycles. The maximum atomic E-state index is 11.2. The summed E-state index contributed by atoms with van der Waals surface area (Å²) in [6.45, 7) is 6.13. The summed E-state index contributed by atoms with van der Waals surface area (Å²) in [6, 6.07) is 7.45. The first-order chi connectivity index (χ1) is 9.36. The SMILES string of the molecule is CCCOc1ccccc1OC(C)CC(C)(N)C(N)=O. The Hall–Kier alpha value is -1.75. The van der Waals surface area contributed by atoms with Gasteiger partial charge in [0.15, 0.2) is 11.5 Å². The Morgan fingerprint density at radius 1 is 1.35 bits per heavy atom. The summed E-state index contributed by atoms with van der Waals surface area (Å²) in [4.78, 5) is 11.2. The highest BCUT2D eigenvalue weighted by molar-refractivity contribution is 5.83. The number of para-hydroxylation sites is 2. The number of hydrogen-bond donors (Lipinski definition) is 2. The Morgan fingerprint density at radius 2 is 1.95 bits per heavy atom. The van der Waals surface area contributed by atoms with Crippen LogP contribution < -0.4 is 20.9 Å². The molecule has 1 amide bonds. The molecule has 0 heterocycles. The Labute approximate surface area is 120 Å². The third kappa shape index (κ3) is 4.74. The molecule has 1 aromatic carbocycles.